The van der Waals surface area contributed by atoms with E-state index in [9.17, 15) is 4.79 Å². The molecule has 1 aromatic heterocycles. The Kier molecular flexibility index (Phi) is 4.69. The number of nitrogens with zero attached hydrogens (tertiary/aromatic N) is 1. The van der Waals surface area contributed by atoms with Gasteiger partial charge in [0.15, 0.2) is 0 Å². The molecule has 0 bridgehead atoms. The molecule has 3 heterocycles. The number of carbonyl (C=O) groups excluding carboxylic acids is 1. The number of amides is 1. The first-order valence-electron chi connectivity index (χ1n) is 9.00. The summed E-state index contributed by atoms with van der Waals surface area (Å²) in [6, 6.07) is 2.46. The summed E-state index contributed by atoms with van der Waals surface area (Å²) in [4.78, 5) is 17.2. The van der Waals surface area contributed by atoms with Crippen molar-refractivity contribution >= 4 is 17.4 Å². The van der Waals surface area contributed by atoms with Crippen LogP contribution in [0, 0.1) is 0 Å². The highest BCUT2D eigenvalue weighted by Crippen LogP contribution is 2.46. The molecule has 24 heavy (non-hydrogen) atoms. The lowest BCUT2D eigenvalue weighted by Gasteiger charge is -2.47. The van der Waals surface area contributed by atoms with Crippen molar-refractivity contribution in [1.29, 1.82) is 0 Å². The second-order valence-electron chi connectivity index (χ2n) is 7.97. The van der Waals surface area contributed by atoms with Gasteiger partial charge in [0.25, 0.3) is 0 Å². The molecular formula is C19H29NO3S. The third-order valence-electron chi connectivity index (χ3n) is 4.95. The third kappa shape index (κ3) is 3.33. The lowest BCUT2D eigenvalue weighted by molar-refractivity contribution is -0.110. The molecule has 0 saturated carbocycles. The van der Waals surface area contributed by atoms with Crippen molar-refractivity contribution < 1.29 is 14.3 Å². The number of fused-ring (bicyclic) bond motifs is 2. The molecular weight excluding hydrogens is 322 g/mol. The van der Waals surface area contributed by atoms with E-state index in [0.29, 0.717) is 6.54 Å². The van der Waals surface area contributed by atoms with Crippen LogP contribution in [0.5, 0.6) is 0 Å². The zero-order valence-corrected chi connectivity index (χ0v) is 16.3. The fourth-order valence-corrected chi connectivity index (χ4v) is 5.00. The van der Waals surface area contributed by atoms with Gasteiger partial charge < -0.3 is 14.4 Å². The van der Waals surface area contributed by atoms with E-state index >= 15 is 0 Å². The highest BCUT2D eigenvalue weighted by molar-refractivity contribution is 7.12. The predicted octanol–water partition coefficient (Wildman–Crippen LogP) is 4.50. The van der Waals surface area contributed by atoms with Crippen LogP contribution in [0.15, 0.2) is 6.07 Å². The number of thiophene rings is 1. The number of piperidine rings is 1. The minimum Gasteiger partial charge on any atom is -0.444 e. The lowest BCUT2D eigenvalue weighted by Crippen LogP contribution is -2.53. The van der Waals surface area contributed by atoms with Gasteiger partial charge in [-0.15, -0.1) is 11.3 Å². The van der Waals surface area contributed by atoms with Crippen molar-refractivity contribution in [2.45, 2.75) is 77.5 Å². The molecule has 2 aliphatic heterocycles. The minimum atomic E-state index is -0.455. The molecule has 134 valence electrons. The molecule has 1 aromatic rings. The first-order valence-corrected chi connectivity index (χ1v) is 9.81. The van der Waals surface area contributed by atoms with Crippen LogP contribution in [-0.4, -0.2) is 35.8 Å². The fraction of sp³-hybridized carbons (Fsp3) is 0.737. The maximum absolute atomic E-state index is 12.5. The summed E-state index contributed by atoms with van der Waals surface area (Å²) in [5.41, 5.74) is 0.713. The first-order chi connectivity index (χ1) is 11.2. The van der Waals surface area contributed by atoms with E-state index in [1.165, 1.54) is 15.3 Å². The zero-order chi connectivity index (χ0) is 17.5. The van der Waals surface area contributed by atoms with Gasteiger partial charge in [0.1, 0.15) is 5.60 Å². The smallest absolute Gasteiger partial charge is 0.410 e. The summed E-state index contributed by atoms with van der Waals surface area (Å²) in [6.07, 6.45) is 3.59. The zero-order valence-electron chi connectivity index (χ0n) is 15.5. The van der Waals surface area contributed by atoms with Crippen LogP contribution < -0.4 is 0 Å². The van der Waals surface area contributed by atoms with Crippen LogP contribution >= 0.6 is 11.3 Å². The number of hydrogen-bond donors (Lipinski definition) is 0. The number of ether oxygens (including phenoxy) is 2. The number of likely N-dealkylation sites (tertiary alicyclic amines) is 1. The largest absolute Gasteiger partial charge is 0.444 e. The average molecular weight is 352 g/mol. The summed E-state index contributed by atoms with van der Waals surface area (Å²) in [6.45, 7) is 11.5. The van der Waals surface area contributed by atoms with Gasteiger partial charge in [-0.1, -0.05) is 6.92 Å². The first kappa shape index (κ1) is 17.7. The van der Waals surface area contributed by atoms with Crippen molar-refractivity contribution in [3.63, 3.8) is 0 Å². The maximum Gasteiger partial charge on any atom is 0.410 e. The van der Waals surface area contributed by atoms with Crippen LogP contribution in [0.2, 0.25) is 0 Å². The minimum absolute atomic E-state index is 0.115. The molecule has 2 aliphatic rings. The van der Waals surface area contributed by atoms with Crippen molar-refractivity contribution in [2.75, 3.05) is 13.2 Å². The summed E-state index contributed by atoms with van der Waals surface area (Å²) >= 11 is 1.93. The Morgan fingerprint density at radius 3 is 2.88 bits per heavy atom. The van der Waals surface area contributed by atoms with Crippen molar-refractivity contribution in [3.8, 4) is 0 Å². The number of aryl methyl sites for hydroxylation is 1. The Bertz CT molecular complexity index is 619. The van der Waals surface area contributed by atoms with Gasteiger partial charge in [-0.2, -0.15) is 0 Å². The van der Waals surface area contributed by atoms with Gasteiger partial charge in [0.2, 0.25) is 0 Å². The Morgan fingerprint density at radius 2 is 2.25 bits per heavy atom. The van der Waals surface area contributed by atoms with Crippen molar-refractivity contribution in [2.24, 2.45) is 0 Å². The molecule has 1 spiro atoms. The number of carbonyl (C=O) groups is 1. The Hall–Kier alpha value is -1.07. The monoisotopic (exact) mass is 351 g/mol. The molecule has 3 rings (SSSR count). The van der Waals surface area contributed by atoms with Gasteiger partial charge in [-0.25, -0.2) is 4.79 Å². The van der Waals surface area contributed by atoms with Crippen molar-refractivity contribution in [1.82, 2.24) is 4.90 Å². The van der Waals surface area contributed by atoms with E-state index < -0.39 is 5.60 Å². The topological polar surface area (TPSA) is 38.8 Å². The maximum atomic E-state index is 12.5. The normalized spacial score (nSPS) is 27.2. The highest BCUT2D eigenvalue weighted by atomic mass is 32.1. The van der Waals surface area contributed by atoms with Crippen LogP contribution in [0.4, 0.5) is 4.79 Å². The Labute approximate surface area is 149 Å². The van der Waals surface area contributed by atoms with Crippen LogP contribution in [-0.2, 0) is 27.9 Å². The molecule has 5 heteroatoms. The lowest BCUT2D eigenvalue weighted by atomic mass is 9.79. The molecule has 0 aliphatic carbocycles. The van der Waals surface area contributed by atoms with Gasteiger partial charge in [-0.05, 0) is 52.2 Å². The molecule has 0 aromatic carbocycles. The molecule has 1 amide bonds. The third-order valence-corrected chi connectivity index (χ3v) is 6.29. The van der Waals surface area contributed by atoms with Crippen LogP contribution in [0.1, 0.15) is 62.8 Å². The van der Waals surface area contributed by atoms with E-state index in [1.54, 1.807) is 0 Å². The van der Waals surface area contributed by atoms with Gasteiger partial charge in [0.05, 0.1) is 12.2 Å². The van der Waals surface area contributed by atoms with Gasteiger partial charge in [-0.3, -0.25) is 0 Å². The summed E-state index contributed by atoms with van der Waals surface area (Å²) in [5, 5.41) is 0. The van der Waals surface area contributed by atoms with Crippen molar-refractivity contribution in [3.05, 3.63) is 21.4 Å². The molecule has 4 nitrogen and oxygen atoms in total. The second kappa shape index (κ2) is 6.34. The summed E-state index contributed by atoms with van der Waals surface area (Å²) in [5.74, 6) is 0. The molecule has 0 radical (unpaired) electrons. The molecule has 2 atom stereocenters. The van der Waals surface area contributed by atoms with Crippen LogP contribution in [0.25, 0.3) is 0 Å². The molecule has 1 saturated heterocycles. The highest BCUT2D eigenvalue weighted by Gasteiger charge is 2.46. The predicted molar refractivity (Wildman–Crippen MR) is 96.7 cm³/mol. The fourth-order valence-electron chi connectivity index (χ4n) is 3.82. The quantitative estimate of drug-likeness (QED) is 0.748. The number of rotatable bonds is 1. The molecule has 0 unspecified atom stereocenters. The van der Waals surface area contributed by atoms with E-state index in [-0.39, 0.29) is 17.7 Å². The number of hydrogen-bond acceptors (Lipinski definition) is 4. The molecule has 0 N–H and O–H groups in total. The van der Waals surface area contributed by atoms with E-state index in [4.69, 9.17) is 9.47 Å². The Morgan fingerprint density at radius 1 is 1.50 bits per heavy atom. The SMILES string of the molecule is CCc1cc2c(s1)CCO[C@]21CCN(C(=O)OC(C)(C)C)[C@@H](C)C1. The standard InChI is InChI=1S/C19H29NO3S/c1-6-14-11-15-16(24-14)7-10-22-19(15)8-9-20(13(2)12-19)17(21)23-18(3,4)5/h11,13H,6-10,12H2,1-5H3/t13-,19-/m0/s1. The second-order valence-corrected chi connectivity index (χ2v) is 9.19. The van der Waals surface area contributed by atoms with Gasteiger partial charge in [0, 0.05) is 35.2 Å². The van der Waals surface area contributed by atoms with Crippen LogP contribution in [0.3, 0.4) is 0 Å². The average Bonchev–Trinajstić information content (AvgIpc) is 2.90. The van der Waals surface area contributed by atoms with E-state index in [1.807, 2.05) is 37.0 Å². The van der Waals surface area contributed by atoms with E-state index in [2.05, 4.69) is 19.9 Å². The molecule has 1 fully saturated rings. The van der Waals surface area contributed by atoms with E-state index in [0.717, 1.165) is 32.3 Å². The summed E-state index contributed by atoms with van der Waals surface area (Å²) < 4.78 is 11.9. The summed E-state index contributed by atoms with van der Waals surface area (Å²) in [7, 11) is 0. The van der Waals surface area contributed by atoms with Gasteiger partial charge >= 0.3 is 6.09 Å². The Balaban J connectivity index is 1.78.